The van der Waals surface area contributed by atoms with Crippen LogP contribution in [0.4, 0.5) is 0 Å². The Bertz CT molecular complexity index is 346. The topological polar surface area (TPSA) is 90.2 Å². The van der Waals surface area contributed by atoms with E-state index in [1.54, 1.807) is 26.0 Å². The Labute approximate surface area is 94.5 Å². The molecule has 0 aromatic heterocycles. The maximum Gasteiger partial charge on any atom is 0.484 e. The molecule has 0 aliphatic heterocycles. The van der Waals surface area contributed by atoms with E-state index in [0.29, 0.717) is 5.75 Å². The van der Waals surface area contributed by atoms with Crippen molar-refractivity contribution >= 4 is 7.94 Å². The fourth-order valence-corrected chi connectivity index (χ4v) is 2.14. The molecule has 1 aromatic rings. The molecule has 90 valence electrons. The summed E-state index contributed by atoms with van der Waals surface area (Å²) < 4.78 is 5.03. The lowest BCUT2D eigenvalue weighted by Crippen LogP contribution is -2.21. The zero-order valence-corrected chi connectivity index (χ0v) is 10.1. The minimum atomic E-state index is -4.00. The fourth-order valence-electron chi connectivity index (χ4n) is 1.24. The Morgan fingerprint density at radius 3 is 2.19 bits per heavy atom. The zero-order chi connectivity index (χ0) is 12.3. The Morgan fingerprint density at radius 2 is 1.75 bits per heavy atom. The highest BCUT2D eigenvalue weighted by Gasteiger charge is 2.47. The summed E-state index contributed by atoms with van der Waals surface area (Å²) in [6.07, 6.45) is 0. The molecule has 0 radical (unpaired) electrons. The van der Waals surface area contributed by atoms with Crippen LogP contribution < -0.4 is 4.52 Å². The van der Waals surface area contributed by atoms with Crippen molar-refractivity contribution in [2.24, 2.45) is 0 Å². The maximum atomic E-state index is 9.52. The van der Waals surface area contributed by atoms with Crippen molar-refractivity contribution in [1.29, 1.82) is 0 Å². The third-order valence-corrected chi connectivity index (χ3v) is 3.58. The molecule has 1 rings (SSSR count). The van der Waals surface area contributed by atoms with Crippen LogP contribution in [0.15, 0.2) is 18.2 Å². The number of aliphatic hydroxyl groups excluding tert-OH is 2. The van der Waals surface area contributed by atoms with Crippen molar-refractivity contribution in [1.82, 2.24) is 0 Å². The quantitative estimate of drug-likeness (QED) is 0.589. The lowest BCUT2D eigenvalue weighted by Gasteiger charge is -2.17. The van der Waals surface area contributed by atoms with Crippen molar-refractivity contribution < 1.29 is 24.5 Å². The van der Waals surface area contributed by atoms with E-state index in [2.05, 4.69) is 0 Å². The minimum Gasteiger partial charge on any atom is -0.389 e. The van der Waals surface area contributed by atoms with Gasteiger partial charge in [0.05, 0.1) is 0 Å². The van der Waals surface area contributed by atoms with E-state index >= 15 is 0 Å². The highest BCUT2D eigenvalue weighted by atomic mass is 31.2. The maximum absolute atomic E-state index is 9.52. The van der Waals surface area contributed by atoms with E-state index in [1.165, 1.54) is 0 Å². The van der Waals surface area contributed by atoms with Crippen LogP contribution in [-0.4, -0.2) is 32.5 Å². The minimum absolute atomic E-state index is 0.327. The molecule has 6 heteroatoms. The molecule has 16 heavy (non-hydrogen) atoms. The van der Waals surface area contributed by atoms with Crippen LogP contribution in [0.1, 0.15) is 11.1 Å². The van der Waals surface area contributed by atoms with Crippen LogP contribution in [-0.2, 0) is 0 Å². The van der Waals surface area contributed by atoms with Gasteiger partial charge in [0.15, 0.2) is 5.75 Å². The van der Waals surface area contributed by atoms with Gasteiger partial charge in [0, 0.05) is 0 Å². The Hall–Kier alpha value is -0.710. The molecule has 1 unspecified atom stereocenters. The molecular weight excluding hydrogens is 231 g/mol. The Balaban J connectivity index is 2.96. The van der Waals surface area contributed by atoms with Gasteiger partial charge in [-0.3, -0.25) is 4.52 Å². The second-order valence-corrected chi connectivity index (χ2v) is 5.52. The molecule has 0 fully saturated rings. The average Bonchev–Trinajstić information content (AvgIpc) is 2.22. The lowest BCUT2D eigenvalue weighted by atomic mass is 10.1. The molecule has 0 amide bonds. The van der Waals surface area contributed by atoms with E-state index in [-0.39, 0.29) is 0 Å². The monoisotopic (exact) mass is 247 g/mol. The zero-order valence-electron chi connectivity index (χ0n) is 9.16. The fraction of sp³-hybridized carbons (Fsp3) is 0.400. The molecule has 1 aromatic carbocycles. The van der Waals surface area contributed by atoms with Crippen molar-refractivity contribution in [2.45, 2.75) is 19.7 Å². The van der Waals surface area contributed by atoms with E-state index in [0.717, 1.165) is 11.1 Å². The number of rotatable bonds is 4. The van der Waals surface area contributed by atoms with Crippen LogP contribution in [0.3, 0.4) is 0 Å². The van der Waals surface area contributed by atoms with Crippen LogP contribution in [0.25, 0.3) is 0 Å². The molecule has 0 aliphatic carbocycles. The predicted molar refractivity (Wildman–Crippen MR) is 61.0 cm³/mol. The smallest absolute Gasteiger partial charge is 0.389 e. The lowest BCUT2D eigenvalue weighted by molar-refractivity contribution is 0.118. The van der Waals surface area contributed by atoms with Crippen LogP contribution in [0, 0.1) is 13.8 Å². The van der Waals surface area contributed by atoms with Gasteiger partial charge in [0.1, 0.15) is 6.61 Å². The van der Waals surface area contributed by atoms with Crippen LogP contribution in [0.2, 0.25) is 0 Å². The molecule has 0 saturated heterocycles. The van der Waals surface area contributed by atoms with Crippen molar-refractivity contribution in [2.75, 3.05) is 6.61 Å². The SMILES string of the molecule is Cc1cccc(C)c1O[P+](O)(O)C(O)CO. The summed E-state index contributed by atoms with van der Waals surface area (Å²) >= 11 is 0. The molecule has 1 atom stereocenters. The number of hydrogen-bond donors (Lipinski definition) is 4. The Morgan fingerprint density at radius 1 is 1.25 bits per heavy atom. The highest BCUT2D eigenvalue weighted by molar-refractivity contribution is 7.60. The highest BCUT2D eigenvalue weighted by Crippen LogP contribution is 2.55. The first-order chi connectivity index (χ1) is 7.38. The van der Waals surface area contributed by atoms with E-state index in [1.807, 2.05) is 6.07 Å². The normalized spacial score (nSPS) is 13.6. The van der Waals surface area contributed by atoms with Gasteiger partial charge in [-0.1, -0.05) is 18.2 Å². The number of benzene rings is 1. The summed E-state index contributed by atoms with van der Waals surface area (Å²) in [7, 11) is -4.00. The van der Waals surface area contributed by atoms with Gasteiger partial charge in [-0.15, -0.1) is 0 Å². The van der Waals surface area contributed by atoms with E-state index < -0.39 is 20.4 Å². The standard InChI is InChI=1S/C10H16O5P/c1-7-4-3-5-8(2)10(7)15-16(13,14)9(12)6-11/h3-5,9,11-14H,6H2,1-2H3/q+1. The summed E-state index contributed by atoms with van der Waals surface area (Å²) in [5, 5.41) is 17.9. The first kappa shape index (κ1) is 13.4. The van der Waals surface area contributed by atoms with Gasteiger partial charge in [0.2, 0.25) is 0 Å². The first-order valence-electron chi connectivity index (χ1n) is 4.77. The van der Waals surface area contributed by atoms with Gasteiger partial charge < -0.3 is 10.2 Å². The summed E-state index contributed by atoms with van der Waals surface area (Å²) in [5.74, 6) is -1.35. The number of aryl methyl sites for hydroxylation is 2. The van der Waals surface area contributed by atoms with Gasteiger partial charge >= 0.3 is 7.94 Å². The summed E-state index contributed by atoms with van der Waals surface area (Å²) in [6.45, 7) is 2.76. The molecular formula is C10H16O5P+. The van der Waals surface area contributed by atoms with Gasteiger partial charge in [-0.05, 0) is 25.0 Å². The molecule has 0 spiro atoms. The molecule has 0 saturated carbocycles. The van der Waals surface area contributed by atoms with Crippen LogP contribution >= 0.6 is 7.94 Å². The summed E-state index contributed by atoms with van der Waals surface area (Å²) in [4.78, 5) is 19.0. The summed E-state index contributed by atoms with van der Waals surface area (Å²) in [5.41, 5.74) is 1.47. The third kappa shape index (κ3) is 2.90. The van der Waals surface area contributed by atoms with E-state index in [4.69, 9.17) is 9.63 Å². The van der Waals surface area contributed by atoms with E-state index in [9.17, 15) is 14.9 Å². The third-order valence-electron chi connectivity index (χ3n) is 2.19. The second-order valence-electron chi connectivity index (χ2n) is 3.56. The van der Waals surface area contributed by atoms with Crippen molar-refractivity contribution in [3.8, 4) is 5.75 Å². The number of para-hydroxylation sites is 1. The number of aliphatic hydroxyl groups is 2. The molecule has 0 aliphatic rings. The molecule has 4 N–H and O–H groups in total. The Kier molecular flexibility index (Phi) is 4.24. The van der Waals surface area contributed by atoms with Crippen molar-refractivity contribution in [3.05, 3.63) is 29.3 Å². The van der Waals surface area contributed by atoms with Crippen molar-refractivity contribution in [3.63, 3.8) is 0 Å². The molecule has 0 bridgehead atoms. The molecule has 0 heterocycles. The van der Waals surface area contributed by atoms with Gasteiger partial charge in [0.25, 0.3) is 5.85 Å². The van der Waals surface area contributed by atoms with Gasteiger partial charge in [-0.25, -0.2) is 0 Å². The predicted octanol–water partition coefficient (Wildman–Crippen LogP) is 0.740. The second kappa shape index (κ2) is 5.08. The first-order valence-corrected chi connectivity index (χ1v) is 6.45. The summed E-state index contributed by atoms with van der Waals surface area (Å²) in [6, 6.07) is 5.33. The average molecular weight is 247 g/mol. The molecule has 5 nitrogen and oxygen atoms in total. The van der Waals surface area contributed by atoms with Crippen LogP contribution in [0.5, 0.6) is 5.75 Å². The van der Waals surface area contributed by atoms with Gasteiger partial charge in [-0.2, -0.15) is 9.79 Å². The largest absolute Gasteiger partial charge is 0.484 e. The number of hydrogen-bond acceptors (Lipinski definition) is 5.